The standard InChI is InChI=1S/C7H5F3.C6H11NO4S/c8-7(9,10)6-4-2-1-3-5-6;1-4(2)3-5(6(8)9)7-12(10)11/h1-5H;4-5H,3H2,1-2H3,(H,8,9). The first-order valence-electron chi connectivity index (χ1n) is 6.19. The predicted molar refractivity (Wildman–Crippen MR) is 73.7 cm³/mol. The highest BCUT2D eigenvalue weighted by Gasteiger charge is 2.29. The molecule has 0 fully saturated rings. The molecule has 0 radical (unpaired) electrons. The van der Waals surface area contributed by atoms with Crippen molar-refractivity contribution in [3.8, 4) is 0 Å². The second-order valence-electron chi connectivity index (χ2n) is 4.67. The molecular formula is C13H16F3NO4S. The van der Waals surface area contributed by atoms with Gasteiger partial charge in [0.2, 0.25) is 0 Å². The van der Waals surface area contributed by atoms with Crippen molar-refractivity contribution >= 4 is 16.5 Å². The Labute approximate surface area is 127 Å². The number of hydrogen-bond donors (Lipinski definition) is 1. The van der Waals surface area contributed by atoms with E-state index in [0.717, 1.165) is 12.1 Å². The lowest BCUT2D eigenvalue weighted by molar-refractivity contribution is -0.139. The molecule has 1 atom stereocenters. The molecule has 0 amide bonds. The average molecular weight is 339 g/mol. The van der Waals surface area contributed by atoms with Gasteiger partial charge >= 0.3 is 22.6 Å². The molecule has 0 heterocycles. The Morgan fingerprint density at radius 3 is 2.00 bits per heavy atom. The van der Waals surface area contributed by atoms with Crippen molar-refractivity contribution in [1.82, 2.24) is 0 Å². The summed E-state index contributed by atoms with van der Waals surface area (Å²) in [6.07, 6.45) is -3.97. The van der Waals surface area contributed by atoms with Gasteiger partial charge < -0.3 is 5.11 Å². The molecule has 1 N–H and O–H groups in total. The van der Waals surface area contributed by atoms with Crippen molar-refractivity contribution in [1.29, 1.82) is 0 Å². The van der Waals surface area contributed by atoms with Crippen LogP contribution in [0.2, 0.25) is 0 Å². The smallest absolute Gasteiger partial charge is 0.416 e. The van der Waals surface area contributed by atoms with E-state index in [1.54, 1.807) is 19.9 Å². The lowest BCUT2D eigenvalue weighted by Crippen LogP contribution is -2.19. The van der Waals surface area contributed by atoms with E-state index in [1.807, 2.05) is 0 Å². The van der Waals surface area contributed by atoms with Gasteiger partial charge in [-0.1, -0.05) is 44.2 Å². The molecule has 0 saturated carbocycles. The number of rotatable bonds is 4. The normalized spacial score (nSPS) is 12.1. The molecule has 124 valence electrons. The highest BCUT2D eigenvalue weighted by atomic mass is 32.2. The van der Waals surface area contributed by atoms with E-state index in [-0.39, 0.29) is 12.3 Å². The molecule has 1 rings (SSSR count). The van der Waals surface area contributed by atoms with Crippen molar-refractivity contribution < 1.29 is 31.5 Å². The van der Waals surface area contributed by atoms with Crippen LogP contribution in [0, 0.1) is 5.92 Å². The van der Waals surface area contributed by atoms with Gasteiger partial charge in [-0.25, -0.2) is 4.79 Å². The molecule has 0 aromatic heterocycles. The van der Waals surface area contributed by atoms with Gasteiger partial charge in [-0.15, -0.1) is 0 Å². The summed E-state index contributed by atoms with van der Waals surface area (Å²) in [6, 6.07) is 5.23. The molecule has 22 heavy (non-hydrogen) atoms. The summed E-state index contributed by atoms with van der Waals surface area (Å²) >= 11 is 0. The number of nitrogens with zero attached hydrogens (tertiary/aromatic N) is 1. The van der Waals surface area contributed by atoms with Crippen LogP contribution in [0.5, 0.6) is 0 Å². The van der Waals surface area contributed by atoms with Crippen LogP contribution in [0.25, 0.3) is 0 Å². The van der Waals surface area contributed by atoms with Gasteiger partial charge in [0, 0.05) is 0 Å². The third-order valence-corrected chi connectivity index (χ3v) is 2.72. The minimum absolute atomic E-state index is 0.110. The molecule has 1 aromatic rings. The summed E-state index contributed by atoms with van der Waals surface area (Å²) in [6.45, 7) is 3.61. The number of hydrogen-bond acceptors (Lipinski definition) is 4. The molecule has 0 bridgehead atoms. The number of carboxylic acid groups (broad SMARTS) is 1. The molecule has 5 nitrogen and oxygen atoms in total. The number of benzene rings is 1. The summed E-state index contributed by atoms with van der Waals surface area (Å²) in [4.78, 5) is 10.4. The third-order valence-electron chi connectivity index (χ3n) is 2.29. The van der Waals surface area contributed by atoms with E-state index < -0.39 is 34.3 Å². The highest BCUT2D eigenvalue weighted by molar-refractivity contribution is 7.61. The van der Waals surface area contributed by atoms with E-state index in [4.69, 9.17) is 5.11 Å². The van der Waals surface area contributed by atoms with Crippen LogP contribution in [0.15, 0.2) is 34.7 Å². The number of alkyl halides is 3. The summed E-state index contributed by atoms with van der Waals surface area (Å²) in [5.41, 5.74) is -0.602. The van der Waals surface area contributed by atoms with E-state index in [2.05, 4.69) is 4.36 Å². The van der Waals surface area contributed by atoms with Crippen LogP contribution in [-0.4, -0.2) is 25.5 Å². The maximum absolute atomic E-state index is 11.8. The second-order valence-corrected chi connectivity index (χ2v) is 5.31. The van der Waals surface area contributed by atoms with Gasteiger partial charge in [0.1, 0.15) is 0 Å². The van der Waals surface area contributed by atoms with Gasteiger partial charge in [-0.05, 0) is 12.3 Å². The van der Waals surface area contributed by atoms with Gasteiger partial charge in [-0.3, -0.25) is 0 Å². The summed E-state index contributed by atoms with van der Waals surface area (Å²) in [5, 5.41) is 8.50. The molecule has 9 heteroatoms. The fourth-order valence-corrected chi connectivity index (χ4v) is 1.75. The van der Waals surface area contributed by atoms with Gasteiger partial charge in [0.25, 0.3) is 0 Å². The molecular weight excluding hydrogens is 323 g/mol. The van der Waals surface area contributed by atoms with Gasteiger partial charge in [-0.2, -0.15) is 26.0 Å². The first-order valence-corrected chi connectivity index (χ1v) is 7.22. The lowest BCUT2D eigenvalue weighted by atomic mass is 10.1. The predicted octanol–water partition coefficient (Wildman–Crippen LogP) is 3.25. The van der Waals surface area contributed by atoms with Crippen molar-refractivity contribution in [3.05, 3.63) is 35.9 Å². The van der Waals surface area contributed by atoms with E-state index >= 15 is 0 Å². The molecule has 0 saturated heterocycles. The van der Waals surface area contributed by atoms with Crippen molar-refractivity contribution in [2.75, 3.05) is 0 Å². The zero-order valence-electron chi connectivity index (χ0n) is 11.9. The summed E-state index contributed by atoms with van der Waals surface area (Å²) in [7, 11) is -2.64. The van der Waals surface area contributed by atoms with E-state index in [0.29, 0.717) is 0 Å². The zero-order chi connectivity index (χ0) is 17.3. The van der Waals surface area contributed by atoms with Crippen LogP contribution >= 0.6 is 0 Å². The van der Waals surface area contributed by atoms with Crippen LogP contribution < -0.4 is 0 Å². The van der Waals surface area contributed by atoms with E-state index in [9.17, 15) is 26.4 Å². The van der Waals surface area contributed by atoms with Crippen LogP contribution in [0.4, 0.5) is 13.2 Å². The number of aliphatic carboxylic acids is 1. The average Bonchev–Trinajstić information content (AvgIpc) is 2.37. The highest BCUT2D eigenvalue weighted by Crippen LogP contribution is 2.28. The topological polar surface area (TPSA) is 83.8 Å². The van der Waals surface area contributed by atoms with Crippen molar-refractivity contribution in [3.63, 3.8) is 0 Å². The monoisotopic (exact) mass is 339 g/mol. The van der Waals surface area contributed by atoms with Crippen molar-refractivity contribution in [2.24, 2.45) is 10.3 Å². The van der Waals surface area contributed by atoms with Gasteiger partial charge in [0.05, 0.1) is 5.56 Å². The van der Waals surface area contributed by atoms with Gasteiger partial charge in [0.15, 0.2) is 6.04 Å². The van der Waals surface area contributed by atoms with E-state index in [1.165, 1.54) is 12.1 Å². The minimum Gasteiger partial charge on any atom is -0.480 e. The summed E-state index contributed by atoms with van der Waals surface area (Å²) in [5.74, 6) is -1.09. The molecule has 1 aromatic carbocycles. The Morgan fingerprint density at radius 2 is 1.73 bits per heavy atom. The fourth-order valence-electron chi connectivity index (χ4n) is 1.37. The molecule has 1 unspecified atom stereocenters. The molecule has 0 aliphatic heterocycles. The lowest BCUT2D eigenvalue weighted by Gasteiger charge is -2.06. The maximum atomic E-state index is 11.8. The quantitative estimate of drug-likeness (QED) is 0.912. The van der Waals surface area contributed by atoms with Crippen LogP contribution in [0.3, 0.4) is 0 Å². The summed E-state index contributed by atoms with van der Waals surface area (Å²) < 4.78 is 58.5. The Bertz CT molecular complexity index is 589. The third kappa shape index (κ3) is 9.11. The van der Waals surface area contributed by atoms with Crippen LogP contribution in [0.1, 0.15) is 25.8 Å². The second kappa shape index (κ2) is 9.19. The Kier molecular flexibility index (Phi) is 8.39. The molecule has 0 aliphatic rings. The number of halogens is 3. The maximum Gasteiger partial charge on any atom is 0.416 e. The molecule has 0 spiro atoms. The minimum atomic E-state index is -4.21. The fraction of sp³-hybridized carbons (Fsp3) is 0.462. The molecule has 0 aliphatic carbocycles. The Morgan fingerprint density at radius 1 is 1.23 bits per heavy atom. The zero-order valence-corrected chi connectivity index (χ0v) is 12.7. The first kappa shape index (κ1) is 20.1. The first-order chi connectivity index (χ1) is 10.0. The van der Waals surface area contributed by atoms with Crippen molar-refractivity contribution in [2.45, 2.75) is 32.5 Å². The number of carboxylic acids is 1. The largest absolute Gasteiger partial charge is 0.480 e. The Balaban J connectivity index is 0.000000406. The Hall–Kier alpha value is -1.90. The SMILES string of the molecule is CC(C)CC(N=S(=O)=O)C(=O)O.FC(F)(F)c1ccccc1. The van der Waals surface area contributed by atoms with Crippen LogP contribution in [-0.2, 0) is 21.5 Å². The number of carbonyl (C=O) groups is 1.